The summed E-state index contributed by atoms with van der Waals surface area (Å²) < 4.78 is 5.79. The summed E-state index contributed by atoms with van der Waals surface area (Å²) in [5.74, 6) is 2.61. The molecule has 3 nitrogen and oxygen atoms in total. The third-order valence-electron chi connectivity index (χ3n) is 3.85. The molecule has 0 fully saturated rings. The molecule has 100 valence electrons. The molecule has 1 aromatic rings. The molecule has 0 amide bonds. The van der Waals surface area contributed by atoms with Gasteiger partial charge in [0.15, 0.2) is 0 Å². The molecule has 19 heavy (non-hydrogen) atoms. The van der Waals surface area contributed by atoms with Crippen LogP contribution >= 0.6 is 0 Å². The van der Waals surface area contributed by atoms with E-state index in [0.717, 1.165) is 25.3 Å². The van der Waals surface area contributed by atoms with Gasteiger partial charge in [-0.15, -0.1) is 0 Å². The van der Waals surface area contributed by atoms with Crippen molar-refractivity contribution in [3.63, 3.8) is 0 Å². The predicted molar refractivity (Wildman–Crippen MR) is 78.1 cm³/mol. The Labute approximate surface area is 114 Å². The first kappa shape index (κ1) is 12.3. The third-order valence-corrected chi connectivity index (χ3v) is 3.85. The fraction of sp³-hybridized carbons (Fsp3) is 0.438. The molecule has 0 radical (unpaired) electrons. The van der Waals surface area contributed by atoms with Crippen molar-refractivity contribution in [3.05, 3.63) is 42.0 Å². The third kappa shape index (κ3) is 2.37. The number of hydrogen-bond donors (Lipinski definition) is 1. The lowest BCUT2D eigenvalue weighted by molar-refractivity contribution is 0.356. The first-order valence-corrected chi connectivity index (χ1v) is 7.04. The lowest BCUT2D eigenvalue weighted by Crippen LogP contribution is -2.28. The maximum absolute atomic E-state index is 5.79. The summed E-state index contributed by atoms with van der Waals surface area (Å²) in [6.07, 6.45) is 5.28. The highest BCUT2D eigenvalue weighted by Crippen LogP contribution is 2.37. The van der Waals surface area contributed by atoms with Crippen molar-refractivity contribution in [2.75, 3.05) is 19.7 Å². The molecule has 1 atom stereocenters. The van der Waals surface area contributed by atoms with Crippen molar-refractivity contribution in [3.8, 4) is 5.75 Å². The standard InChI is InChI=1S/C16H20N2O/c1-2-11-19-15-8-4-5-12-13(15)6-3-7-14(12)16-17-9-10-18-16/h2,4-5,8,14H,1,3,6-7,9-11H2,(H,17,18). The fourth-order valence-corrected chi connectivity index (χ4v) is 3.03. The Morgan fingerprint density at radius 1 is 1.47 bits per heavy atom. The lowest BCUT2D eigenvalue weighted by atomic mass is 9.81. The van der Waals surface area contributed by atoms with E-state index in [9.17, 15) is 0 Å². The molecule has 0 aromatic heterocycles. The van der Waals surface area contributed by atoms with Gasteiger partial charge in [0.05, 0.1) is 6.54 Å². The number of nitrogens with one attached hydrogen (secondary N) is 1. The van der Waals surface area contributed by atoms with Crippen LogP contribution < -0.4 is 10.1 Å². The zero-order valence-electron chi connectivity index (χ0n) is 11.2. The van der Waals surface area contributed by atoms with E-state index in [1.807, 2.05) is 0 Å². The van der Waals surface area contributed by atoms with E-state index < -0.39 is 0 Å². The smallest absolute Gasteiger partial charge is 0.123 e. The van der Waals surface area contributed by atoms with Crippen LogP contribution in [0.1, 0.15) is 29.9 Å². The average molecular weight is 256 g/mol. The minimum atomic E-state index is 0.429. The van der Waals surface area contributed by atoms with Crippen LogP contribution in [-0.2, 0) is 6.42 Å². The molecule has 1 aliphatic carbocycles. The van der Waals surface area contributed by atoms with E-state index in [0.29, 0.717) is 12.5 Å². The van der Waals surface area contributed by atoms with E-state index in [-0.39, 0.29) is 0 Å². The zero-order chi connectivity index (χ0) is 13.1. The van der Waals surface area contributed by atoms with Crippen LogP contribution in [-0.4, -0.2) is 25.5 Å². The van der Waals surface area contributed by atoms with Gasteiger partial charge in [0.25, 0.3) is 0 Å². The van der Waals surface area contributed by atoms with Gasteiger partial charge in [-0.3, -0.25) is 4.99 Å². The summed E-state index contributed by atoms with van der Waals surface area (Å²) in [6.45, 7) is 6.17. The summed E-state index contributed by atoms with van der Waals surface area (Å²) >= 11 is 0. The number of fused-ring (bicyclic) bond motifs is 1. The van der Waals surface area contributed by atoms with Gasteiger partial charge in [-0.25, -0.2) is 0 Å². The molecule has 1 N–H and O–H groups in total. The van der Waals surface area contributed by atoms with E-state index in [1.54, 1.807) is 6.08 Å². The fourth-order valence-electron chi connectivity index (χ4n) is 3.03. The first-order chi connectivity index (χ1) is 9.40. The van der Waals surface area contributed by atoms with Gasteiger partial charge in [0, 0.05) is 12.5 Å². The second-order valence-corrected chi connectivity index (χ2v) is 5.06. The van der Waals surface area contributed by atoms with Crippen molar-refractivity contribution in [1.82, 2.24) is 5.32 Å². The van der Waals surface area contributed by atoms with Crippen LogP contribution in [0.5, 0.6) is 5.75 Å². The topological polar surface area (TPSA) is 33.6 Å². The number of benzene rings is 1. The first-order valence-electron chi connectivity index (χ1n) is 7.04. The number of nitrogens with zero attached hydrogens (tertiary/aromatic N) is 1. The summed E-state index contributed by atoms with van der Waals surface area (Å²) in [5, 5.41) is 3.42. The Hall–Kier alpha value is -1.77. The summed E-state index contributed by atoms with van der Waals surface area (Å²) in [7, 11) is 0. The van der Waals surface area contributed by atoms with Gasteiger partial charge in [-0.05, 0) is 36.5 Å². The second-order valence-electron chi connectivity index (χ2n) is 5.06. The molecule has 3 rings (SSSR count). The Morgan fingerprint density at radius 3 is 3.21 bits per heavy atom. The maximum atomic E-state index is 5.79. The van der Waals surface area contributed by atoms with Crippen LogP contribution in [0.15, 0.2) is 35.8 Å². The molecule has 1 heterocycles. The molecule has 1 aliphatic heterocycles. The van der Waals surface area contributed by atoms with Crippen LogP contribution in [0.2, 0.25) is 0 Å². The SMILES string of the molecule is C=CCOc1cccc2c1CCCC2C1=NCCN1. The van der Waals surface area contributed by atoms with Crippen molar-refractivity contribution in [2.24, 2.45) is 4.99 Å². The second kappa shape index (κ2) is 5.47. The van der Waals surface area contributed by atoms with Crippen LogP contribution in [0.4, 0.5) is 0 Å². The van der Waals surface area contributed by atoms with Gasteiger partial charge >= 0.3 is 0 Å². The molecule has 0 saturated heterocycles. The molecule has 2 aliphatic rings. The molecular weight excluding hydrogens is 236 g/mol. The Balaban J connectivity index is 1.93. The van der Waals surface area contributed by atoms with Gasteiger partial charge in [-0.1, -0.05) is 24.8 Å². The molecule has 1 aromatic carbocycles. The van der Waals surface area contributed by atoms with E-state index in [2.05, 4.69) is 35.1 Å². The van der Waals surface area contributed by atoms with Gasteiger partial charge < -0.3 is 10.1 Å². The Bertz CT molecular complexity index is 507. The quantitative estimate of drug-likeness (QED) is 0.840. The number of ether oxygens (including phenoxy) is 1. The highest BCUT2D eigenvalue weighted by molar-refractivity contribution is 5.90. The van der Waals surface area contributed by atoms with E-state index in [4.69, 9.17) is 4.74 Å². The number of amidine groups is 1. The molecule has 1 unspecified atom stereocenters. The normalized spacial score (nSPS) is 21.3. The molecular formula is C16H20N2O. The average Bonchev–Trinajstić information content (AvgIpc) is 2.98. The van der Waals surface area contributed by atoms with Crippen molar-refractivity contribution in [1.29, 1.82) is 0 Å². The monoisotopic (exact) mass is 256 g/mol. The summed E-state index contributed by atoms with van der Waals surface area (Å²) in [6, 6.07) is 6.38. The highest BCUT2D eigenvalue weighted by atomic mass is 16.5. The zero-order valence-corrected chi connectivity index (χ0v) is 11.2. The van der Waals surface area contributed by atoms with Crippen molar-refractivity contribution >= 4 is 5.84 Å². The number of rotatable bonds is 4. The molecule has 0 saturated carbocycles. The minimum Gasteiger partial charge on any atom is -0.489 e. The Morgan fingerprint density at radius 2 is 2.42 bits per heavy atom. The van der Waals surface area contributed by atoms with Crippen LogP contribution in [0, 0.1) is 0 Å². The summed E-state index contributed by atoms with van der Waals surface area (Å²) in [4.78, 5) is 4.60. The van der Waals surface area contributed by atoms with Crippen molar-refractivity contribution in [2.45, 2.75) is 25.2 Å². The van der Waals surface area contributed by atoms with Crippen LogP contribution in [0.3, 0.4) is 0 Å². The maximum Gasteiger partial charge on any atom is 0.123 e. The van der Waals surface area contributed by atoms with Gasteiger partial charge in [0.1, 0.15) is 18.2 Å². The molecule has 0 spiro atoms. The van der Waals surface area contributed by atoms with E-state index >= 15 is 0 Å². The highest BCUT2D eigenvalue weighted by Gasteiger charge is 2.27. The summed E-state index contributed by atoms with van der Waals surface area (Å²) in [5.41, 5.74) is 2.75. The van der Waals surface area contributed by atoms with Crippen molar-refractivity contribution < 1.29 is 4.74 Å². The largest absolute Gasteiger partial charge is 0.489 e. The predicted octanol–water partition coefficient (Wildman–Crippen LogP) is 2.67. The molecule has 0 bridgehead atoms. The number of aliphatic imine (C=N–C) groups is 1. The Kier molecular flexibility index (Phi) is 3.53. The van der Waals surface area contributed by atoms with Crippen LogP contribution in [0.25, 0.3) is 0 Å². The number of hydrogen-bond acceptors (Lipinski definition) is 3. The van der Waals surface area contributed by atoms with E-state index in [1.165, 1.54) is 29.8 Å². The molecule has 3 heteroatoms. The lowest BCUT2D eigenvalue weighted by Gasteiger charge is -2.27. The van der Waals surface area contributed by atoms with Gasteiger partial charge in [-0.2, -0.15) is 0 Å². The minimum absolute atomic E-state index is 0.429. The van der Waals surface area contributed by atoms with Gasteiger partial charge in [0.2, 0.25) is 0 Å².